The van der Waals surface area contributed by atoms with Crippen LogP contribution in [0.5, 0.6) is 0 Å². The van der Waals surface area contributed by atoms with Crippen molar-refractivity contribution in [3.63, 3.8) is 0 Å². The molecule has 0 saturated heterocycles. The molecule has 0 unspecified atom stereocenters. The number of nitrogens with zero attached hydrogens (tertiary/aromatic N) is 3. The molecule has 13 heavy (non-hydrogen) atoms. The van der Waals surface area contributed by atoms with Crippen molar-refractivity contribution in [1.29, 1.82) is 0 Å². The number of nitrogens with one attached hydrogen (secondary N) is 1. The van der Waals surface area contributed by atoms with E-state index in [0.29, 0.717) is 6.54 Å². The van der Waals surface area contributed by atoms with Crippen LogP contribution in [-0.2, 0) is 6.54 Å². The van der Waals surface area contributed by atoms with E-state index in [2.05, 4.69) is 15.6 Å². The van der Waals surface area contributed by atoms with Crippen LogP contribution in [0.3, 0.4) is 0 Å². The molecule has 0 amide bonds. The molecule has 2 aromatic rings. The first-order valence-electron chi connectivity index (χ1n) is 3.97. The molecule has 68 valence electrons. The van der Waals surface area contributed by atoms with Gasteiger partial charge in [0.15, 0.2) is 5.65 Å². The molecule has 0 radical (unpaired) electrons. The smallest absolute Gasteiger partial charge is 0.155 e. The lowest BCUT2D eigenvalue weighted by Crippen LogP contribution is -2.07. The summed E-state index contributed by atoms with van der Waals surface area (Å²) in [5, 5.41) is 12.7. The van der Waals surface area contributed by atoms with E-state index in [1.807, 2.05) is 19.2 Å². The SMILES string of the molecule is Cc1cc2ncc(CNO)cn2n1. The molecule has 0 aromatic carbocycles. The van der Waals surface area contributed by atoms with Crippen LogP contribution in [-0.4, -0.2) is 19.8 Å². The lowest BCUT2D eigenvalue weighted by atomic mass is 10.3. The normalized spacial score (nSPS) is 10.9. The fourth-order valence-corrected chi connectivity index (χ4v) is 1.22. The summed E-state index contributed by atoms with van der Waals surface area (Å²) in [6, 6.07) is 1.90. The van der Waals surface area contributed by atoms with Crippen molar-refractivity contribution in [3.8, 4) is 0 Å². The van der Waals surface area contributed by atoms with Gasteiger partial charge in [0.1, 0.15) is 0 Å². The van der Waals surface area contributed by atoms with Crippen LogP contribution in [0.1, 0.15) is 11.3 Å². The lowest BCUT2D eigenvalue weighted by Gasteiger charge is -1.98. The number of rotatable bonds is 2. The molecule has 0 saturated carbocycles. The summed E-state index contributed by atoms with van der Waals surface area (Å²) in [4.78, 5) is 4.17. The van der Waals surface area contributed by atoms with Gasteiger partial charge in [0.25, 0.3) is 0 Å². The Balaban J connectivity index is 2.48. The average Bonchev–Trinajstić information content (AvgIpc) is 2.44. The third-order valence-electron chi connectivity index (χ3n) is 1.77. The van der Waals surface area contributed by atoms with E-state index < -0.39 is 0 Å². The highest BCUT2D eigenvalue weighted by atomic mass is 16.5. The Hall–Kier alpha value is -1.46. The van der Waals surface area contributed by atoms with Gasteiger partial charge in [-0.3, -0.25) is 0 Å². The summed E-state index contributed by atoms with van der Waals surface area (Å²) in [5.74, 6) is 0. The van der Waals surface area contributed by atoms with Crippen molar-refractivity contribution >= 4 is 5.65 Å². The predicted molar refractivity (Wildman–Crippen MR) is 46.4 cm³/mol. The van der Waals surface area contributed by atoms with Gasteiger partial charge in [-0.1, -0.05) is 0 Å². The van der Waals surface area contributed by atoms with E-state index >= 15 is 0 Å². The van der Waals surface area contributed by atoms with Crippen molar-refractivity contribution in [3.05, 3.63) is 29.7 Å². The van der Waals surface area contributed by atoms with E-state index in [4.69, 9.17) is 5.21 Å². The van der Waals surface area contributed by atoms with Crippen LogP contribution < -0.4 is 5.48 Å². The average molecular weight is 178 g/mol. The zero-order valence-electron chi connectivity index (χ0n) is 7.23. The molecule has 5 heteroatoms. The molecule has 5 nitrogen and oxygen atoms in total. The molecule has 0 aliphatic carbocycles. The highest BCUT2D eigenvalue weighted by Crippen LogP contribution is 2.04. The fraction of sp³-hybridized carbons (Fsp3) is 0.250. The molecule has 0 spiro atoms. The summed E-state index contributed by atoms with van der Waals surface area (Å²) in [5.41, 5.74) is 4.71. The van der Waals surface area contributed by atoms with Crippen LogP contribution in [0, 0.1) is 6.92 Å². The lowest BCUT2D eigenvalue weighted by molar-refractivity contribution is 0.161. The summed E-state index contributed by atoms with van der Waals surface area (Å²) >= 11 is 0. The van der Waals surface area contributed by atoms with Crippen molar-refractivity contribution in [2.24, 2.45) is 0 Å². The largest absolute Gasteiger partial charge is 0.316 e. The molecule has 2 rings (SSSR count). The topological polar surface area (TPSA) is 62.5 Å². The van der Waals surface area contributed by atoms with Gasteiger partial charge in [-0.25, -0.2) is 15.0 Å². The Morgan fingerprint density at radius 1 is 1.62 bits per heavy atom. The third-order valence-corrected chi connectivity index (χ3v) is 1.77. The summed E-state index contributed by atoms with van der Waals surface area (Å²) < 4.78 is 1.70. The van der Waals surface area contributed by atoms with Gasteiger partial charge in [-0.15, -0.1) is 0 Å². The molecular formula is C8H10N4O. The Kier molecular flexibility index (Phi) is 1.96. The number of hydrogen-bond donors (Lipinski definition) is 2. The van der Waals surface area contributed by atoms with Crippen molar-refractivity contribution in [1.82, 2.24) is 20.1 Å². The van der Waals surface area contributed by atoms with Gasteiger partial charge < -0.3 is 5.21 Å². The van der Waals surface area contributed by atoms with Crippen molar-refractivity contribution < 1.29 is 5.21 Å². The van der Waals surface area contributed by atoms with Crippen molar-refractivity contribution in [2.75, 3.05) is 0 Å². The molecular weight excluding hydrogens is 168 g/mol. The van der Waals surface area contributed by atoms with E-state index in [1.165, 1.54) is 0 Å². The maximum atomic E-state index is 8.49. The summed E-state index contributed by atoms with van der Waals surface area (Å²) in [7, 11) is 0. The molecule has 2 aromatic heterocycles. The molecule has 2 N–H and O–H groups in total. The minimum atomic E-state index is 0.377. The third kappa shape index (κ3) is 1.51. The van der Waals surface area contributed by atoms with Crippen LogP contribution >= 0.6 is 0 Å². The van der Waals surface area contributed by atoms with Gasteiger partial charge in [0, 0.05) is 30.6 Å². The maximum Gasteiger partial charge on any atom is 0.155 e. The summed E-state index contributed by atoms with van der Waals surface area (Å²) in [6.45, 7) is 2.29. The first-order valence-corrected chi connectivity index (χ1v) is 3.97. The highest BCUT2D eigenvalue weighted by Gasteiger charge is 1.99. The number of hydroxylamine groups is 1. The second-order valence-electron chi connectivity index (χ2n) is 2.89. The quantitative estimate of drug-likeness (QED) is 0.658. The zero-order chi connectivity index (χ0) is 9.26. The summed E-state index contributed by atoms with van der Waals surface area (Å²) in [6.07, 6.45) is 3.54. The van der Waals surface area contributed by atoms with Gasteiger partial charge in [0.05, 0.1) is 5.69 Å². The molecule has 0 atom stereocenters. The molecule has 0 fully saturated rings. The maximum absolute atomic E-state index is 8.49. The number of aromatic nitrogens is 3. The Labute approximate surface area is 75.0 Å². The first-order chi connectivity index (χ1) is 6.29. The number of fused-ring (bicyclic) bond motifs is 1. The fourth-order valence-electron chi connectivity index (χ4n) is 1.22. The Bertz CT molecular complexity index is 423. The van der Waals surface area contributed by atoms with Crippen LogP contribution in [0.2, 0.25) is 0 Å². The Morgan fingerprint density at radius 2 is 2.46 bits per heavy atom. The van der Waals surface area contributed by atoms with Crippen LogP contribution in [0.25, 0.3) is 5.65 Å². The second kappa shape index (κ2) is 3.12. The van der Waals surface area contributed by atoms with Crippen molar-refractivity contribution in [2.45, 2.75) is 13.5 Å². The number of aryl methyl sites for hydroxylation is 1. The minimum Gasteiger partial charge on any atom is -0.316 e. The molecule has 0 aliphatic rings. The highest BCUT2D eigenvalue weighted by molar-refractivity contribution is 5.38. The monoisotopic (exact) mass is 178 g/mol. The zero-order valence-corrected chi connectivity index (χ0v) is 7.23. The van der Waals surface area contributed by atoms with E-state index in [0.717, 1.165) is 16.9 Å². The second-order valence-corrected chi connectivity index (χ2v) is 2.89. The van der Waals surface area contributed by atoms with E-state index in [-0.39, 0.29) is 0 Å². The molecule has 2 heterocycles. The standard InChI is InChI=1S/C8H10N4O/c1-6-2-8-9-3-7(4-10-13)5-12(8)11-6/h2-3,5,10,13H,4H2,1H3. The number of hydrogen-bond acceptors (Lipinski definition) is 4. The molecule has 0 bridgehead atoms. The van der Waals surface area contributed by atoms with Gasteiger partial charge in [0.2, 0.25) is 0 Å². The van der Waals surface area contributed by atoms with E-state index in [9.17, 15) is 0 Å². The molecule has 0 aliphatic heterocycles. The first kappa shape index (κ1) is 8.15. The van der Waals surface area contributed by atoms with Crippen LogP contribution in [0.15, 0.2) is 18.5 Å². The van der Waals surface area contributed by atoms with Gasteiger partial charge in [-0.05, 0) is 6.92 Å². The predicted octanol–water partition coefficient (Wildman–Crippen LogP) is 0.517. The van der Waals surface area contributed by atoms with Gasteiger partial charge in [-0.2, -0.15) is 5.10 Å². The van der Waals surface area contributed by atoms with Crippen LogP contribution in [0.4, 0.5) is 0 Å². The van der Waals surface area contributed by atoms with Gasteiger partial charge >= 0.3 is 0 Å². The Morgan fingerprint density at radius 3 is 3.23 bits per heavy atom. The minimum absolute atomic E-state index is 0.377. The van der Waals surface area contributed by atoms with E-state index in [1.54, 1.807) is 10.7 Å².